The SMILES string of the molecule is [La+3].[O-]c1c(-c2ccccc2)cccc1-c1ccccc1.[O-]c1c(-c2ccccc2)cccc1-c1ccccc1.[O-]c1c(-c2ccccc2)cccc1-c1ccccc1. The summed E-state index contributed by atoms with van der Waals surface area (Å²) in [7, 11) is 0. The zero-order chi connectivity index (χ0) is 39.2. The van der Waals surface area contributed by atoms with Gasteiger partial charge in [-0.1, -0.05) is 254 Å². The minimum absolute atomic E-state index is 0. The summed E-state index contributed by atoms with van der Waals surface area (Å²) in [5, 5.41) is 37.7. The van der Waals surface area contributed by atoms with Gasteiger partial charge < -0.3 is 15.3 Å². The van der Waals surface area contributed by atoms with Crippen molar-refractivity contribution in [3.05, 3.63) is 237 Å². The molecule has 276 valence electrons. The summed E-state index contributed by atoms with van der Waals surface area (Å²) in [6.45, 7) is 0. The first-order valence-corrected chi connectivity index (χ1v) is 18.8. The third-order valence-electron chi connectivity index (χ3n) is 9.55. The van der Waals surface area contributed by atoms with Crippen molar-refractivity contribution in [2.45, 2.75) is 0 Å². The van der Waals surface area contributed by atoms with Crippen LogP contribution in [0.25, 0.3) is 66.8 Å². The molecule has 0 saturated heterocycles. The number of rotatable bonds is 6. The molecule has 0 spiro atoms. The fourth-order valence-electron chi connectivity index (χ4n) is 6.68. The summed E-state index contributed by atoms with van der Waals surface area (Å²) in [5.41, 5.74) is 10.3. The maximum atomic E-state index is 12.6. The van der Waals surface area contributed by atoms with Crippen LogP contribution in [0.4, 0.5) is 0 Å². The second-order valence-corrected chi connectivity index (χ2v) is 13.2. The van der Waals surface area contributed by atoms with Crippen molar-refractivity contribution < 1.29 is 50.9 Å². The zero-order valence-electron chi connectivity index (χ0n) is 31.8. The van der Waals surface area contributed by atoms with Crippen molar-refractivity contribution in [3.8, 4) is 84.0 Å². The molecule has 0 fully saturated rings. The van der Waals surface area contributed by atoms with Gasteiger partial charge in [-0.3, -0.25) is 0 Å². The Hall–Kier alpha value is -6.43. The third-order valence-corrected chi connectivity index (χ3v) is 9.55. The molecule has 0 aliphatic rings. The van der Waals surface area contributed by atoms with Gasteiger partial charge in [-0.05, 0) is 66.8 Å². The Morgan fingerprint density at radius 2 is 0.310 bits per heavy atom. The summed E-state index contributed by atoms with van der Waals surface area (Å²) >= 11 is 0. The monoisotopic (exact) mass is 874 g/mol. The number of hydrogen-bond acceptors (Lipinski definition) is 3. The summed E-state index contributed by atoms with van der Waals surface area (Å²) in [4.78, 5) is 0. The first-order valence-electron chi connectivity index (χ1n) is 18.8. The molecule has 0 amide bonds. The molecule has 9 aromatic rings. The molecule has 58 heavy (non-hydrogen) atoms. The Bertz CT molecular complexity index is 2150. The molecular weight excluding hydrogens is 835 g/mol. The molecule has 0 aromatic heterocycles. The number of hydrogen-bond donors (Lipinski definition) is 0. The molecule has 4 heteroatoms. The van der Waals surface area contributed by atoms with Crippen LogP contribution in [0, 0.1) is 35.6 Å². The minimum atomic E-state index is 0. The topological polar surface area (TPSA) is 69.2 Å². The fourth-order valence-corrected chi connectivity index (χ4v) is 6.68. The van der Waals surface area contributed by atoms with E-state index in [1.165, 1.54) is 0 Å². The molecule has 3 nitrogen and oxygen atoms in total. The predicted molar refractivity (Wildman–Crippen MR) is 230 cm³/mol. The molecule has 0 aliphatic heterocycles. The molecule has 0 aliphatic carbocycles. The Morgan fingerprint density at radius 1 is 0.172 bits per heavy atom. The number of para-hydroxylation sites is 3. The average molecular weight is 875 g/mol. The van der Waals surface area contributed by atoms with Crippen LogP contribution in [0.5, 0.6) is 17.2 Å². The molecule has 0 unspecified atom stereocenters. The van der Waals surface area contributed by atoms with Crippen molar-refractivity contribution in [1.82, 2.24) is 0 Å². The average Bonchev–Trinajstić information content (AvgIpc) is 3.29. The van der Waals surface area contributed by atoms with Crippen LogP contribution in [0.2, 0.25) is 0 Å². The first-order chi connectivity index (χ1) is 28.1. The Balaban J connectivity index is 0.000000145. The van der Waals surface area contributed by atoms with Crippen LogP contribution in [0.3, 0.4) is 0 Å². The third kappa shape index (κ3) is 10.1. The maximum absolute atomic E-state index is 12.6. The fraction of sp³-hybridized carbons (Fsp3) is 0. The largest absolute Gasteiger partial charge is 3.00 e. The molecule has 0 radical (unpaired) electrons. The molecule has 0 N–H and O–H groups in total. The van der Waals surface area contributed by atoms with Gasteiger partial charge in [0.1, 0.15) is 0 Å². The molecule has 0 atom stereocenters. The van der Waals surface area contributed by atoms with Gasteiger partial charge in [-0.15, -0.1) is 0 Å². The summed E-state index contributed by atoms with van der Waals surface area (Å²) in [5.74, 6) is 0.250. The van der Waals surface area contributed by atoms with Gasteiger partial charge in [-0.25, -0.2) is 0 Å². The van der Waals surface area contributed by atoms with E-state index in [-0.39, 0.29) is 52.8 Å². The van der Waals surface area contributed by atoms with Gasteiger partial charge >= 0.3 is 35.6 Å². The second kappa shape index (κ2) is 20.7. The quantitative estimate of drug-likeness (QED) is 0.167. The Kier molecular flexibility index (Phi) is 14.7. The van der Waals surface area contributed by atoms with Crippen LogP contribution in [-0.2, 0) is 0 Å². The second-order valence-electron chi connectivity index (χ2n) is 13.2. The molecular formula is C54H39LaO3. The minimum Gasteiger partial charge on any atom is -0.872 e. The van der Waals surface area contributed by atoms with E-state index in [0.29, 0.717) is 0 Å². The zero-order valence-corrected chi connectivity index (χ0v) is 35.4. The molecule has 9 aromatic carbocycles. The van der Waals surface area contributed by atoms with Crippen LogP contribution in [0.1, 0.15) is 0 Å². The van der Waals surface area contributed by atoms with E-state index in [2.05, 4.69) is 0 Å². The van der Waals surface area contributed by atoms with E-state index in [9.17, 15) is 15.3 Å². The molecule has 9 rings (SSSR count). The van der Waals surface area contributed by atoms with E-state index in [0.717, 1.165) is 66.8 Å². The van der Waals surface area contributed by atoms with Crippen LogP contribution in [-0.4, -0.2) is 0 Å². The normalized spacial score (nSPS) is 10.1. The van der Waals surface area contributed by atoms with Crippen molar-refractivity contribution in [3.63, 3.8) is 0 Å². The van der Waals surface area contributed by atoms with Crippen molar-refractivity contribution in [1.29, 1.82) is 0 Å². The van der Waals surface area contributed by atoms with Crippen molar-refractivity contribution in [2.24, 2.45) is 0 Å². The van der Waals surface area contributed by atoms with E-state index in [1.54, 1.807) is 0 Å². The Labute approximate surface area is 368 Å². The summed E-state index contributed by atoms with van der Waals surface area (Å²) in [6, 6.07) is 75.8. The van der Waals surface area contributed by atoms with Gasteiger partial charge in [0.2, 0.25) is 0 Å². The smallest absolute Gasteiger partial charge is 0.872 e. The van der Waals surface area contributed by atoms with E-state index in [4.69, 9.17) is 0 Å². The van der Waals surface area contributed by atoms with Crippen molar-refractivity contribution >= 4 is 0 Å². The van der Waals surface area contributed by atoms with Gasteiger partial charge in [0.05, 0.1) is 0 Å². The van der Waals surface area contributed by atoms with E-state index >= 15 is 0 Å². The number of benzene rings is 9. The Morgan fingerprint density at radius 3 is 0.448 bits per heavy atom. The predicted octanol–water partition coefficient (Wildman–Crippen LogP) is 12.3. The van der Waals surface area contributed by atoms with E-state index < -0.39 is 0 Å². The van der Waals surface area contributed by atoms with Gasteiger partial charge in [0.15, 0.2) is 0 Å². The van der Waals surface area contributed by atoms with Crippen LogP contribution in [0.15, 0.2) is 237 Å². The maximum Gasteiger partial charge on any atom is 3.00 e. The summed E-state index contributed by atoms with van der Waals surface area (Å²) in [6.07, 6.45) is 0. The van der Waals surface area contributed by atoms with Crippen LogP contribution >= 0.6 is 0 Å². The van der Waals surface area contributed by atoms with Gasteiger partial charge in [0, 0.05) is 0 Å². The van der Waals surface area contributed by atoms with Crippen molar-refractivity contribution in [2.75, 3.05) is 0 Å². The summed E-state index contributed by atoms with van der Waals surface area (Å²) < 4.78 is 0. The molecule has 0 bridgehead atoms. The van der Waals surface area contributed by atoms with Gasteiger partial charge in [-0.2, -0.15) is 0 Å². The van der Waals surface area contributed by atoms with Crippen LogP contribution < -0.4 is 15.3 Å². The van der Waals surface area contributed by atoms with E-state index in [1.807, 2.05) is 237 Å². The molecule has 0 heterocycles. The first kappa shape index (κ1) is 41.2. The standard InChI is InChI=1S/3C18H14O.La/c3*19-18-16(14-8-3-1-4-9-14)12-7-13-17(18)15-10-5-2-6-11-15;/h3*1-13,19H;/q;;;+3/p-3. The molecule has 0 saturated carbocycles. The van der Waals surface area contributed by atoms with Gasteiger partial charge in [0.25, 0.3) is 0 Å².